The van der Waals surface area contributed by atoms with Crippen molar-refractivity contribution in [2.75, 3.05) is 0 Å². The highest BCUT2D eigenvalue weighted by atomic mass is 32.4. The molecule has 0 heterocycles. The molecule has 0 N–H and O–H groups in total. The number of fused-ring (bicyclic) bond motifs is 1. The summed E-state index contributed by atoms with van der Waals surface area (Å²) in [5.41, 5.74) is 3.87. The molecule has 92 valence electrons. The fourth-order valence-electron chi connectivity index (χ4n) is 2.50. The van der Waals surface area contributed by atoms with Gasteiger partial charge in [-0.2, -0.15) is 0 Å². The summed E-state index contributed by atoms with van der Waals surface area (Å²) >= 11 is 5.24. The van der Waals surface area contributed by atoms with E-state index in [0.29, 0.717) is 0 Å². The molecule has 3 aromatic rings. The molecule has 0 aliphatic carbocycles. The first-order chi connectivity index (χ1) is 9.31. The fraction of sp³-hybridized carbons (Fsp3) is 0.0588. The average molecular weight is 280 g/mol. The van der Waals surface area contributed by atoms with Gasteiger partial charge in [0.25, 0.3) is 0 Å². The molecule has 0 saturated heterocycles. The van der Waals surface area contributed by atoms with Crippen molar-refractivity contribution >= 4 is 35.2 Å². The van der Waals surface area contributed by atoms with Crippen LogP contribution in [0.25, 0.3) is 21.9 Å². The number of benzene rings is 3. The van der Waals surface area contributed by atoms with Gasteiger partial charge in [0.15, 0.2) is 0 Å². The molecule has 0 aliphatic heterocycles. The van der Waals surface area contributed by atoms with E-state index in [9.17, 15) is 0 Å². The molecular weight excluding hydrogens is 267 g/mol. The molecule has 0 radical (unpaired) electrons. The summed E-state index contributed by atoms with van der Waals surface area (Å²) in [6, 6.07) is 21.3. The molecule has 0 amide bonds. The molecule has 0 nitrogen and oxygen atoms in total. The summed E-state index contributed by atoms with van der Waals surface area (Å²) < 4.78 is 0. The predicted octanol–water partition coefficient (Wildman–Crippen LogP) is 4.85. The predicted molar refractivity (Wildman–Crippen MR) is 88.0 cm³/mol. The molecule has 0 unspecified atom stereocenters. The maximum atomic E-state index is 5.24. The van der Waals surface area contributed by atoms with Gasteiger partial charge in [0.2, 0.25) is 0 Å². The summed E-state index contributed by atoms with van der Waals surface area (Å²) in [5.74, 6) is 0. The van der Waals surface area contributed by atoms with Crippen LogP contribution in [-0.4, -0.2) is 0 Å². The van der Waals surface area contributed by atoms with Crippen LogP contribution < -0.4 is 5.30 Å². The Morgan fingerprint density at radius 3 is 2.42 bits per heavy atom. The standard InChI is InChI=1S/C17H13PS/c1-12-10-11-13-6-2-3-7-14(13)17(12)15-8-4-5-9-16(15)18-19/h2-11H,1H3. The minimum Gasteiger partial charge on any atom is -0.0616 e. The molecule has 0 bridgehead atoms. The monoisotopic (exact) mass is 280 g/mol. The van der Waals surface area contributed by atoms with Crippen LogP contribution in [0.2, 0.25) is 0 Å². The average Bonchev–Trinajstić information content (AvgIpc) is 2.47. The highest BCUT2D eigenvalue weighted by Gasteiger charge is 2.09. The quantitative estimate of drug-likeness (QED) is 0.605. The van der Waals surface area contributed by atoms with Crippen LogP contribution in [0, 0.1) is 6.92 Å². The van der Waals surface area contributed by atoms with E-state index in [2.05, 4.69) is 67.6 Å². The van der Waals surface area contributed by atoms with Gasteiger partial charge in [0.1, 0.15) is 0 Å². The van der Waals surface area contributed by atoms with Crippen LogP contribution in [0.4, 0.5) is 0 Å². The third kappa shape index (κ3) is 2.20. The van der Waals surface area contributed by atoms with E-state index in [4.69, 9.17) is 11.8 Å². The minimum absolute atomic E-state index is 0.898. The second-order valence-electron chi connectivity index (χ2n) is 4.59. The Balaban J connectivity index is 2.42. The SMILES string of the molecule is Cc1ccc2ccccc2c1-c1ccccc1P=S. The van der Waals surface area contributed by atoms with E-state index in [1.165, 1.54) is 32.8 Å². The van der Waals surface area contributed by atoms with E-state index in [0.717, 1.165) is 7.36 Å². The Kier molecular flexibility index (Phi) is 3.42. The Morgan fingerprint density at radius 2 is 1.58 bits per heavy atom. The molecule has 3 rings (SSSR count). The van der Waals surface area contributed by atoms with Crippen LogP contribution in [0.3, 0.4) is 0 Å². The first kappa shape index (κ1) is 12.5. The zero-order chi connectivity index (χ0) is 13.2. The van der Waals surface area contributed by atoms with E-state index in [1.54, 1.807) is 0 Å². The molecule has 0 atom stereocenters. The Bertz CT molecular complexity index is 762. The highest BCUT2D eigenvalue weighted by molar-refractivity contribution is 7.99. The maximum absolute atomic E-state index is 5.24. The zero-order valence-corrected chi connectivity index (χ0v) is 12.3. The topological polar surface area (TPSA) is 0 Å². The Hall–Kier alpha value is -1.56. The van der Waals surface area contributed by atoms with Crippen LogP contribution in [0.1, 0.15) is 5.56 Å². The summed E-state index contributed by atoms with van der Waals surface area (Å²) in [4.78, 5) is 0. The third-order valence-electron chi connectivity index (χ3n) is 3.41. The Labute approximate surface area is 119 Å². The summed E-state index contributed by atoms with van der Waals surface area (Å²) in [7, 11) is 0.898. The second kappa shape index (κ2) is 5.21. The molecule has 19 heavy (non-hydrogen) atoms. The van der Waals surface area contributed by atoms with Gasteiger partial charge in [-0.15, -0.1) is 0 Å². The maximum Gasteiger partial charge on any atom is 0.0206 e. The third-order valence-corrected chi connectivity index (χ3v) is 4.59. The van der Waals surface area contributed by atoms with Crippen molar-refractivity contribution < 1.29 is 0 Å². The smallest absolute Gasteiger partial charge is 0.0206 e. The van der Waals surface area contributed by atoms with Gasteiger partial charge in [-0.05, 0) is 40.5 Å². The molecule has 0 fully saturated rings. The van der Waals surface area contributed by atoms with E-state index in [1.807, 2.05) is 0 Å². The first-order valence-electron chi connectivity index (χ1n) is 6.22. The van der Waals surface area contributed by atoms with Crippen molar-refractivity contribution in [2.45, 2.75) is 6.92 Å². The van der Waals surface area contributed by atoms with Crippen LogP contribution in [-0.2, 0) is 11.8 Å². The molecule has 0 saturated carbocycles. The van der Waals surface area contributed by atoms with E-state index < -0.39 is 0 Å². The normalized spacial score (nSPS) is 11.0. The van der Waals surface area contributed by atoms with Crippen LogP contribution in [0.5, 0.6) is 0 Å². The largest absolute Gasteiger partial charge is 0.0616 e. The summed E-state index contributed by atoms with van der Waals surface area (Å²) in [6.07, 6.45) is 0. The highest BCUT2D eigenvalue weighted by Crippen LogP contribution is 2.31. The number of aryl methyl sites for hydroxylation is 1. The van der Waals surface area contributed by atoms with Crippen molar-refractivity contribution in [2.24, 2.45) is 0 Å². The van der Waals surface area contributed by atoms with E-state index in [-0.39, 0.29) is 0 Å². The van der Waals surface area contributed by atoms with Gasteiger partial charge in [-0.25, -0.2) is 0 Å². The molecule has 2 heteroatoms. The van der Waals surface area contributed by atoms with Gasteiger partial charge in [0.05, 0.1) is 0 Å². The lowest BCUT2D eigenvalue weighted by atomic mass is 9.94. The lowest BCUT2D eigenvalue weighted by Gasteiger charge is -2.12. The number of hydrogen-bond acceptors (Lipinski definition) is 1. The zero-order valence-electron chi connectivity index (χ0n) is 10.6. The second-order valence-corrected chi connectivity index (χ2v) is 5.80. The molecular formula is C17H13PS. The van der Waals surface area contributed by atoms with Gasteiger partial charge < -0.3 is 0 Å². The Morgan fingerprint density at radius 1 is 0.842 bits per heavy atom. The van der Waals surface area contributed by atoms with Crippen molar-refractivity contribution in [1.29, 1.82) is 0 Å². The van der Waals surface area contributed by atoms with Crippen LogP contribution in [0.15, 0.2) is 60.7 Å². The van der Waals surface area contributed by atoms with Gasteiger partial charge in [0, 0.05) is 12.7 Å². The summed E-state index contributed by atoms with van der Waals surface area (Å²) in [5, 5.41) is 3.78. The van der Waals surface area contributed by atoms with Crippen LogP contribution >= 0.6 is 7.36 Å². The number of hydrogen-bond donors (Lipinski definition) is 0. The molecule has 0 aromatic heterocycles. The minimum atomic E-state index is 0.898. The molecule has 0 spiro atoms. The van der Waals surface area contributed by atoms with Crippen molar-refractivity contribution in [3.05, 3.63) is 66.2 Å². The lowest BCUT2D eigenvalue weighted by Crippen LogP contribution is -1.98. The number of rotatable bonds is 2. The first-order valence-corrected chi connectivity index (χ1v) is 8.13. The van der Waals surface area contributed by atoms with Crippen molar-refractivity contribution in [3.63, 3.8) is 0 Å². The lowest BCUT2D eigenvalue weighted by molar-refractivity contribution is 1.49. The van der Waals surface area contributed by atoms with Gasteiger partial charge in [-0.3, -0.25) is 0 Å². The van der Waals surface area contributed by atoms with Gasteiger partial charge >= 0.3 is 0 Å². The molecule has 3 aromatic carbocycles. The van der Waals surface area contributed by atoms with E-state index >= 15 is 0 Å². The molecule has 0 aliphatic rings. The fourth-order valence-corrected chi connectivity index (χ4v) is 3.41. The van der Waals surface area contributed by atoms with Gasteiger partial charge in [-0.1, -0.05) is 66.4 Å². The van der Waals surface area contributed by atoms with Crippen molar-refractivity contribution in [3.8, 4) is 11.1 Å². The summed E-state index contributed by atoms with van der Waals surface area (Å²) in [6.45, 7) is 2.17. The van der Waals surface area contributed by atoms with Crippen molar-refractivity contribution in [1.82, 2.24) is 0 Å².